The van der Waals surface area contributed by atoms with Crippen LogP contribution in [-0.4, -0.2) is 30.3 Å². The molecule has 0 aliphatic heterocycles. The largest absolute Gasteiger partial charge is 0.377 e. The van der Waals surface area contributed by atoms with Crippen LogP contribution in [0.5, 0.6) is 0 Å². The minimum absolute atomic E-state index is 0.212. The molecule has 0 saturated carbocycles. The Balaban J connectivity index is 2.63. The Labute approximate surface area is 117 Å². The maximum Gasteiger partial charge on any atom is 0.0703 e. The molecule has 1 aromatic rings. The Kier molecular flexibility index (Phi) is 7.68. The lowest BCUT2D eigenvalue weighted by Crippen LogP contribution is -2.42. The van der Waals surface area contributed by atoms with Crippen molar-refractivity contribution in [1.82, 2.24) is 10.3 Å². The average molecular weight is 264 g/mol. The molecule has 0 fully saturated rings. The first-order valence-corrected chi connectivity index (χ1v) is 7.50. The summed E-state index contributed by atoms with van der Waals surface area (Å²) in [5, 5.41) is 3.57. The van der Waals surface area contributed by atoms with E-state index >= 15 is 0 Å². The lowest BCUT2D eigenvalue weighted by atomic mass is 10.0. The summed E-state index contributed by atoms with van der Waals surface area (Å²) < 4.78 is 5.73. The minimum Gasteiger partial charge on any atom is -0.377 e. The Hall–Kier alpha value is -0.930. The average Bonchev–Trinajstić information content (AvgIpc) is 2.44. The highest BCUT2D eigenvalue weighted by molar-refractivity contribution is 5.14. The summed E-state index contributed by atoms with van der Waals surface area (Å²) in [6, 6.07) is 4.64. The second-order valence-electron chi connectivity index (χ2n) is 4.94. The highest BCUT2D eigenvalue weighted by Gasteiger charge is 2.17. The maximum atomic E-state index is 5.73. The first kappa shape index (κ1) is 16.1. The van der Waals surface area contributed by atoms with Gasteiger partial charge in [0, 0.05) is 31.0 Å². The molecule has 19 heavy (non-hydrogen) atoms. The number of aryl methyl sites for hydroxylation is 1. The Morgan fingerprint density at radius 1 is 1.26 bits per heavy atom. The molecule has 3 nitrogen and oxygen atoms in total. The molecule has 1 rings (SSSR count). The molecule has 1 N–H and O–H groups in total. The predicted molar refractivity (Wildman–Crippen MR) is 80.5 cm³/mol. The molecule has 0 saturated heterocycles. The molecule has 1 aromatic heterocycles. The lowest BCUT2D eigenvalue weighted by Gasteiger charge is -2.25. The molecule has 0 amide bonds. The van der Waals surface area contributed by atoms with E-state index in [9.17, 15) is 0 Å². The topological polar surface area (TPSA) is 34.2 Å². The monoisotopic (exact) mass is 264 g/mol. The zero-order valence-electron chi connectivity index (χ0n) is 12.8. The molecule has 0 spiro atoms. The Morgan fingerprint density at radius 3 is 2.58 bits per heavy atom. The van der Waals surface area contributed by atoms with E-state index in [1.165, 1.54) is 5.56 Å². The molecule has 0 aliphatic carbocycles. The lowest BCUT2D eigenvalue weighted by molar-refractivity contribution is 0.0474. The van der Waals surface area contributed by atoms with Gasteiger partial charge in [-0.25, -0.2) is 0 Å². The van der Waals surface area contributed by atoms with Crippen LogP contribution < -0.4 is 5.32 Å². The van der Waals surface area contributed by atoms with Crippen LogP contribution in [0.4, 0.5) is 0 Å². The molecular formula is C16H28N2O. The van der Waals surface area contributed by atoms with Crippen molar-refractivity contribution in [2.24, 2.45) is 0 Å². The summed E-state index contributed by atoms with van der Waals surface area (Å²) in [4.78, 5) is 4.54. The van der Waals surface area contributed by atoms with Crippen molar-refractivity contribution in [3.63, 3.8) is 0 Å². The normalized spacial score (nSPS) is 14.3. The highest BCUT2D eigenvalue weighted by Crippen LogP contribution is 2.08. The van der Waals surface area contributed by atoms with Crippen molar-refractivity contribution in [3.8, 4) is 0 Å². The minimum atomic E-state index is 0.212. The van der Waals surface area contributed by atoms with Crippen molar-refractivity contribution in [3.05, 3.63) is 29.6 Å². The fourth-order valence-electron chi connectivity index (χ4n) is 2.12. The van der Waals surface area contributed by atoms with E-state index in [-0.39, 0.29) is 6.10 Å². The molecule has 0 aliphatic rings. The molecule has 2 unspecified atom stereocenters. The van der Waals surface area contributed by atoms with Gasteiger partial charge in [0.1, 0.15) is 0 Å². The van der Waals surface area contributed by atoms with Gasteiger partial charge in [-0.3, -0.25) is 4.98 Å². The predicted octanol–water partition coefficient (Wildman–Crippen LogP) is 2.98. The second kappa shape index (κ2) is 9.05. The quantitative estimate of drug-likeness (QED) is 0.744. The van der Waals surface area contributed by atoms with Crippen LogP contribution in [0.1, 0.15) is 45.4 Å². The van der Waals surface area contributed by atoms with Crippen LogP contribution in [-0.2, 0) is 17.6 Å². The van der Waals surface area contributed by atoms with Gasteiger partial charge in [0.25, 0.3) is 0 Å². The van der Waals surface area contributed by atoms with Crippen LogP contribution >= 0.6 is 0 Å². The molecule has 108 valence electrons. The third kappa shape index (κ3) is 5.70. The van der Waals surface area contributed by atoms with Crippen LogP contribution in [0.25, 0.3) is 0 Å². The summed E-state index contributed by atoms with van der Waals surface area (Å²) in [7, 11) is 0. The summed E-state index contributed by atoms with van der Waals surface area (Å²) in [6.45, 7) is 10.3. The van der Waals surface area contributed by atoms with Crippen LogP contribution in [0, 0.1) is 0 Å². The van der Waals surface area contributed by atoms with Gasteiger partial charge in [-0.15, -0.1) is 0 Å². The molecule has 0 radical (unpaired) electrons. The number of ether oxygens (including phenoxy) is 1. The van der Waals surface area contributed by atoms with Gasteiger partial charge >= 0.3 is 0 Å². The number of hydrogen-bond acceptors (Lipinski definition) is 3. The highest BCUT2D eigenvalue weighted by atomic mass is 16.5. The van der Waals surface area contributed by atoms with Gasteiger partial charge in [0.05, 0.1) is 6.10 Å². The molecule has 3 heteroatoms. The smallest absolute Gasteiger partial charge is 0.0703 e. The maximum absolute atomic E-state index is 5.73. The number of hydrogen-bond donors (Lipinski definition) is 1. The number of nitrogens with one attached hydrogen (secondary N) is 1. The van der Waals surface area contributed by atoms with Crippen molar-refractivity contribution in [1.29, 1.82) is 0 Å². The van der Waals surface area contributed by atoms with Gasteiger partial charge in [0.15, 0.2) is 0 Å². The van der Waals surface area contributed by atoms with Crippen molar-refractivity contribution in [2.45, 2.75) is 59.1 Å². The SMILES string of the molecule is CCCNC(Cc1ccc(CC)cn1)C(C)OCC. The zero-order valence-corrected chi connectivity index (χ0v) is 12.8. The molecule has 1 heterocycles. The first-order chi connectivity index (χ1) is 9.21. The summed E-state index contributed by atoms with van der Waals surface area (Å²) in [6.07, 6.45) is 5.30. The zero-order chi connectivity index (χ0) is 14.1. The van der Waals surface area contributed by atoms with E-state index in [2.05, 4.69) is 43.2 Å². The molecule has 2 atom stereocenters. The van der Waals surface area contributed by atoms with E-state index in [0.29, 0.717) is 6.04 Å². The van der Waals surface area contributed by atoms with Gasteiger partial charge in [-0.05, 0) is 44.9 Å². The fourth-order valence-corrected chi connectivity index (χ4v) is 2.12. The number of nitrogens with zero attached hydrogens (tertiary/aromatic N) is 1. The van der Waals surface area contributed by atoms with Crippen LogP contribution in [0.2, 0.25) is 0 Å². The van der Waals surface area contributed by atoms with Gasteiger partial charge in [-0.2, -0.15) is 0 Å². The van der Waals surface area contributed by atoms with Gasteiger partial charge < -0.3 is 10.1 Å². The summed E-state index contributed by atoms with van der Waals surface area (Å²) in [5.41, 5.74) is 2.43. The van der Waals surface area contributed by atoms with Crippen LogP contribution in [0.3, 0.4) is 0 Å². The van der Waals surface area contributed by atoms with E-state index < -0.39 is 0 Å². The van der Waals surface area contributed by atoms with E-state index in [1.807, 2.05) is 13.1 Å². The molecular weight excluding hydrogens is 236 g/mol. The molecule has 0 aromatic carbocycles. The van der Waals surface area contributed by atoms with Crippen molar-refractivity contribution >= 4 is 0 Å². The van der Waals surface area contributed by atoms with Crippen molar-refractivity contribution in [2.75, 3.05) is 13.2 Å². The Morgan fingerprint density at radius 2 is 2.05 bits per heavy atom. The fraction of sp³-hybridized carbons (Fsp3) is 0.688. The number of pyridine rings is 1. The summed E-state index contributed by atoms with van der Waals surface area (Å²) >= 11 is 0. The third-order valence-corrected chi connectivity index (χ3v) is 3.38. The van der Waals surface area contributed by atoms with E-state index in [0.717, 1.165) is 38.1 Å². The van der Waals surface area contributed by atoms with Crippen LogP contribution in [0.15, 0.2) is 18.3 Å². The summed E-state index contributed by atoms with van der Waals surface area (Å²) in [5.74, 6) is 0. The van der Waals surface area contributed by atoms with E-state index in [1.54, 1.807) is 0 Å². The van der Waals surface area contributed by atoms with Gasteiger partial charge in [0.2, 0.25) is 0 Å². The van der Waals surface area contributed by atoms with Crippen molar-refractivity contribution < 1.29 is 4.74 Å². The van der Waals surface area contributed by atoms with Gasteiger partial charge in [-0.1, -0.05) is 19.9 Å². The third-order valence-electron chi connectivity index (χ3n) is 3.38. The molecule has 0 bridgehead atoms. The standard InChI is InChI=1S/C16H28N2O/c1-5-10-17-16(13(4)19-7-3)11-15-9-8-14(6-2)12-18-15/h8-9,12-13,16-17H,5-7,10-11H2,1-4H3. The second-order valence-corrected chi connectivity index (χ2v) is 4.94. The number of rotatable bonds is 9. The Bertz CT molecular complexity index is 337. The van der Waals surface area contributed by atoms with E-state index in [4.69, 9.17) is 4.74 Å². The number of aromatic nitrogens is 1. The first-order valence-electron chi connectivity index (χ1n) is 7.50.